The number of halogens is 1. The van der Waals surface area contributed by atoms with Crippen molar-refractivity contribution in [1.82, 2.24) is 4.72 Å². The summed E-state index contributed by atoms with van der Waals surface area (Å²) >= 11 is 0. The number of ether oxygens (including phenoxy) is 1. The minimum absolute atomic E-state index is 0.106. The number of benzene rings is 1. The molecule has 0 aliphatic carbocycles. The van der Waals surface area contributed by atoms with Gasteiger partial charge >= 0.3 is 10.2 Å². The molecule has 120 valence electrons. The topological polar surface area (TPSA) is 89.5 Å². The van der Waals surface area contributed by atoms with E-state index in [0.717, 1.165) is 37.1 Å². The van der Waals surface area contributed by atoms with E-state index in [2.05, 4.69) is 4.72 Å². The zero-order valence-electron chi connectivity index (χ0n) is 11.6. The highest BCUT2D eigenvalue weighted by atomic mass is 32.3. The summed E-state index contributed by atoms with van der Waals surface area (Å²) < 4.78 is 65.2. The molecule has 0 amide bonds. The van der Waals surface area contributed by atoms with Crippen molar-refractivity contribution in [2.75, 3.05) is 19.8 Å². The quantitative estimate of drug-likeness (QED) is 0.543. The van der Waals surface area contributed by atoms with Crippen molar-refractivity contribution < 1.29 is 25.5 Å². The highest BCUT2D eigenvalue weighted by Gasteiger charge is 2.16. The molecule has 0 heterocycles. The smallest absolute Gasteiger partial charge is 0.332 e. The minimum Gasteiger partial charge on any atom is -0.380 e. The zero-order chi connectivity index (χ0) is 15.9. The van der Waals surface area contributed by atoms with E-state index in [0.29, 0.717) is 6.61 Å². The number of sulfonamides is 1. The largest absolute Gasteiger partial charge is 0.380 e. The fourth-order valence-electron chi connectivity index (χ4n) is 1.46. The van der Waals surface area contributed by atoms with Crippen molar-refractivity contribution >= 4 is 20.2 Å². The molecule has 9 heteroatoms. The molecule has 0 aromatic heterocycles. The normalized spacial score (nSPS) is 12.5. The zero-order valence-corrected chi connectivity index (χ0v) is 13.2. The maximum Gasteiger partial charge on any atom is 0.332 e. The van der Waals surface area contributed by atoms with E-state index in [1.807, 2.05) is 6.92 Å². The van der Waals surface area contributed by atoms with Crippen LogP contribution in [0.5, 0.6) is 0 Å². The van der Waals surface area contributed by atoms with Gasteiger partial charge < -0.3 is 4.74 Å². The fraction of sp³-hybridized carbons (Fsp3) is 0.500. The molecule has 0 spiro atoms. The van der Waals surface area contributed by atoms with Gasteiger partial charge in [0.2, 0.25) is 10.0 Å². The Morgan fingerprint density at radius 2 is 1.62 bits per heavy atom. The van der Waals surface area contributed by atoms with E-state index < -0.39 is 25.1 Å². The van der Waals surface area contributed by atoms with E-state index >= 15 is 0 Å². The Kier molecular flexibility index (Phi) is 6.72. The molecule has 1 N–H and O–H groups in total. The predicted octanol–water partition coefficient (Wildman–Crippen LogP) is 1.44. The van der Waals surface area contributed by atoms with E-state index in [1.165, 1.54) is 0 Å². The lowest BCUT2D eigenvalue weighted by molar-refractivity contribution is 0.136. The average molecular weight is 339 g/mol. The SMILES string of the molecule is CCCCOCCNS(=O)(=O)c1ccc(S(=O)(=O)F)cc1. The second-order valence-electron chi connectivity index (χ2n) is 4.27. The summed E-state index contributed by atoms with van der Waals surface area (Å²) in [6.45, 7) is 2.94. The molecule has 6 nitrogen and oxygen atoms in total. The van der Waals surface area contributed by atoms with Crippen LogP contribution in [0.3, 0.4) is 0 Å². The van der Waals surface area contributed by atoms with E-state index in [-0.39, 0.29) is 18.0 Å². The summed E-state index contributed by atoms with van der Waals surface area (Å²) in [6, 6.07) is 3.88. The molecule has 0 aliphatic heterocycles. The maximum atomic E-state index is 12.7. The Morgan fingerprint density at radius 3 is 2.14 bits per heavy atom. The lowest BCUT2D eigenvalue weighted by Crippen LogP contribution is -2.27. The number of nitrogens with one attached hydrogen (secondary N) is 1. The maximum absolute atomic E-state index is 12.7. The van der Waals surface area contributed by atoms with Gasteiger partial charge in [-0.05, 0) is 30.7 Å². The highest BCUT2D eigenvalue weighted by Crippen LogP contribution is 2.15. The van der Waals surface area contributed by atoms with Gasteiger partial charge in [0.1, 0.15) is 0 Å². The molecule has 1 aromatic rings. The van der Waals surface area contributed by atoms with Crippen LogP contribution < -0.4 is 4.72 Å². The summed E-state index contributed by atoms with van der Waals surface area (Å²) in [5, 5.41) is 0. The molecule has 0 saturated carbocycles. The lowest BCUT2D eigenvalue weighted by Gasteiger charge is -2.07. The van der Waals surface area contributed by atoms with Crippen LogP contribution in [0.1, 0.15) is 19.8 Å². The summed E-state index contributed by atoms with van der Waals surface area (Å²) in [4.78, 5) is -0.715. The number of unbranched alkanes of at least 4 members (excludes halogenated alkanes) is 1. The molecule has 0 saturated heterocycles. The molecule has 0 aliphatic rings. The molecule has 1 rings (SSSR count). The standard InChI is InChI=1S/C12H18FNO5S2/c1-2-3-9-19-10-8-14-21(17,18)12-6-4-11(5-7-12)20(13,15)16/h4-7,14H,2-3,8-10H2,1H3. The van der Waals surface area contributed by atoms with E-state index in [9.17, 15) is 20.7 Å². The van der Waals surface area contributed by atoms with Gasteiger partial charge in [-0.3, -0.25) is 0 Å². The molecular formula is C12H18FNO5S2. The van der Waals surface area contributed by atoms with Crippen molar-refractivity contribution in [1.29, 1.82) is 0 Å². The summed E-state index contributed by atoms with van der Waals surface area (Å²) in [5.74, 6) is 0. The predicted molar refractivity (Wildman–Crippen MR) is 75.7 cm³/mol. The van der Waals surface area contributed by atoms with E-state index in [4.69, 9.17) is 4.74 Å². The third-order valence-corrected chi connectivity index (χ3v) is 4.91. The lowest BCUT2D eigenvalue weighted by atomic mass is 10.4. The minimum atomic E-state index is -4.83. The first-order valence-electron chi connectivity index (χ1n) is 6.39. The van der Waals surface area contributed by atoms with Crippen molar-refractivity contribution in [2.24, 2.45) is 0 Å². The summed E-state index contributed by atoms with van der Waals surface area (Å²) in [5.41, 5.74) is 0. The Balaban J connectivity index is 2.58. The third kappa shape index (κ3) is 6.08. The van der Waals surface area contributed by atoms with Gasteiger partial charge in [0, 0.05) is 13.2 Å². The van der Waals surface area contributed by atoms with Gasteiger partial charge in [-0.2, -0.15) is 8.42 Å². The van der Waals surface area contributed by atoms with E-state index in [1.54, 1.807) is 0 Å². The van der Waals surface area contributed by atoms with Crippen LogP contribution in [-0.4, -0.2) is 36.6 Å². The molecule has 0 radical (unpaired) electrons. The van der Waals surface area contributed by atoms with Gasteiger partial charge in [0.05, 0.1) is 16.4 Å². The number of rotatable bonds is 9. The van der Waals surface area contributed by atoms with Crippen LogP contribution in [0.2, 0.25) is 0 Å². The van der Waals surface area contributed by atoms with Crippen molar-refractivity contribution in [2.45, 2.75) is 29.6 Å². The van der Waals surface area contributed by atoms with Crippen LogP contribution in [0, 0.1) is 0 Å². The molecule has 0 unspecified atom stereocenters. The first-order valence-corrected chi connectivity index (χ1v) is 9.26. The fourth-order valence-corrected chi connectivity index (χ4v) is 2.94. The Labute approximate surface area is 124 Å². The monoisotopic (exact) mass is 339 g/mol. The van der Waals surface area contributed by atoms with Crippen LogP contribution in [-0.2, 0) is 25.0 Å². The third-order valence-electron chi connectivity index (χ3n) is 2.60. The second-order valence-corrected chi connectivity index (χ2v) is 7.39. The number of hydrogen-bond donors (Lipinski definition) is 1. The highest BCUT2D eigenvalue weighted by molar-refractivity contribution is 7.89. The van der Waals surface area contributed by atoms with Crippen molar-refractivity contribution in [3.05, 3.63) is 24.3 Å². The molecule has 0 fully saturated rings. The van der Waals surface area contributed by atoms with Crippen LogP contribution in [0.4, 0.5) is 3.89 Å². The van der Waals surface area contributed by atoms with Gasteiger partial charge in [0.15, 0.2) is 0 Å². The van der Waals surface area contributed by atoms with Gasteiger partial charge in [-0.15, -0.1) is 3.89 Å². The summed E-state index contributed by atoms with van der Waals surface area (Å²) in [7, 11) is -8.59. The van der Waals surface area contributed by atoms with Gasteiger partial charge in [-0.1, -0.05) is 13.3 Å². The van der Waals surface area contributed by atoms with Gasteiger partial charge in [0.25, 0.3) is 0 Å². The first kappa shape index (κ1) is 18.0. The first-order chi connectivity index (χ1) is 9.77. The second kappa shape index (κ2) is 7.83. The van der Waals surface area contributed by atoms with Crippen LogP contribution in [0.15, 0.2) is 34.1 Å². The molecule has 0 atom stereocenters. The molecule has 1 aromatic carbocycles. The molecule has 21 heavy (non-hydrogen) atoms. The van der Waals surface area contributed by atoms with Gasteiger partial charge in [-0.25, -0.2) is 13.1 Å². The van der Waals surface area contributed by atoms with Crippen LogP contribution in [0.25, 0.3) is 0 Å². The Morgan fingerprint density at radius 1 is 1.05 bits per heavy atom. The number of hydrogen-bond acceptors (Lipinski definition) is 5. The van der Waals surface area contributed by atoms with Crippen molar-refractivity contribution in [3.8, 4) is 0 Å². The molecular weight excluding hydrogens is 321 g/mol. The Bertz CT molecular complexity index is 641. The Hall–Kier alpha value is -1.03. The average Bonchev–Trinajstić information content (AvgIpc) is 2.42. The summed E-state index contributed by atoms with van der Waals surface area (Å²) in [6.07, 6.45) is 1.90. The molecule has 0 bridgehead atoms. The van der Waals surface area contributed by atoms with Crippen LogP contribution >= 0.6 is 0 Å². The van der Waals surface area contributed by atoms with Crippen molar-refractivity contribution in [3.63, 3.8) is 0 Å².